The van der Waals surface area contributed by atoms with E-state index >= 15 is 0 Å². The number of carbonyl (C=O) groups excluding carboxylic acids is 1. The van der Waals surface area contributed by atoms with Crippen molar-refractivity contribution in [3.63, 3.8) is 0 Å². The molecular formula is C15H17N3O3. The van der Waals surface area contributed by atoms with Gasteiger partial charge in [-0.05, 0) is 25.0 Å². The average molecular weight is 287 g/mol. The van der Waals surface area contributed by atoms with Gasteiger partial charge in [0.1, 0.15) is 11.6 Å². The molecule has 1 aliphatic rings. The second-order valence-electron chi connectivity index (χ2n) is 4.63. The second-order valence-corrected chi connectivity index (χ2v) is 4.63. The van der Waals surface area contributed by atoms with Gasteiger partial charge < -0.3 is 20.1 Å². The molecule has 2 N–H and O–H groups in total. The Labute approximate surface area is 123 Å². The van der Waals surface area contributed by atoms with Gasteiger partial charge in [-0.2, -0.15) is 5.26 Å². The fraction of sp³-hybridized carbons (Fsp3) is 0.333. The SMILES string of the molecule is COc1ccc(NC(=O)/C(C#N)=C\NC2CC2)cc1OC. The van der Waals surface area contributed by atoms with E-state index in [9.17, 15) is 4.79 Å². The van der Waals surface area contributed by atoms with Gasteiger partial charge in [-0.3, -0.25) is 4.79 Å². The van der Waals surface area contributed by atoms with Gasteiger partial charge in [-0.15, -0.1) is 0 Å². The predicted octanol–water partition coefficient (Wildman–Crippen LogP) is 1.80. The van der Waals surface area contributed by atoms with Crippen LogP contribution in [0.3, 0.4) is 0 Å². The molecule has 2 rings (SSSR count). The Morgan fingerprint density at radius 2 is 2.05 bits per heavy atom. The first kappa shape index (κ1) is 14.7. The minimum Gasteiger partial charge on any atom is -0.493 e. The third kappa shape index (κ3) is 3.89. The van der Waals surface area contributed by atoms with Crippen LogP contribution in [0.25, 0.3) is 0 Å². The summed E-state index contributed by atoms with van der Waals surface area (Å²) in [4.78, 5) is 12.0. The number of amides is 1. The predicted molar refractivity (Wildman–Crippen MR) is 78.0 cm³/mol. The first-order valence-electron chi connectivity index (χ1n) is 6.57. The van der Waals surface area contributed by atoms with E-state index in [1.165, 1.54) is 20.4 Å². The smallest absolute Gasteiger partial charge is 0.267 e. The van der Waals surface area contributed by atoms with Crippen LogP contribution in [0.15, 0.2) is 30.0 Å². The summed E-state index contributed by atoms with van der Waals surface area (Å²) in [5.74, 6) is 0.619. The molecule has 1 aromatic carbocycles. The lowest BCUT2D eigenvalue weighted by Gasteiger charge is -2.10. The molecule has 0 spiro atoms. The Hall–Kier alpha value is -2.68. The van der Waals surface area contributed by atoms with Crippen molar-refractivity contribution in [2.24, 2.45) is 0 Å². The second kappa shape index (κ2) is 6.66. The molecule has 21 heavy (non-hydrogen) atoms. The molecule has 0 radical (unpaired) electrons. The molecule has 110 valence electrons. The van der Waals surface area contributed by atoms with Crippen molar-refractivity contribution in [3.05, 3.63) is 30.0 Å². The average Bonchev–Trinajstić information content (AvgIpc) is 3.32. The Kier molecular flexibility index (Phi) is 4.67. The summed E-state index contributed by atoms with van der Waals surface area (Å²) in [7, 11) is 3.06. The maximum absolute atomic E-state index is 12.0. The Morgan fingerprint density at radius 1 is 1.33 bits per heavy atom. The maximum Gasteiger partial charge on any atom is 0.267 e. The van der Waals surface area contributed by atoms with Gasteiger partial charge in [0.25, 0.3) is 5.91 Å². The Bertz CT molecular complexity index is 601. The highest BCUT2D eigenvalue weighted by atomic mass is 16.5. The van der Waals surface area contributed by atoms with E-state index in [0.717, 1.165) is 12.8 Å². The number of carbonyl (C=O) groups is 1. The molecule has 6 nitrogen and oxygen atoms in total. The van der Waals surface area contributed by atoms with Crippen LogP contribution >= 0.6 is 0 Å². The molecule has 0 saturated heterocycles. The first-order chi connectivity index (χ1) is 10.2. The van der Waals surface area contributed by atoms with Crippen LogP contribution in [0.1, 0.15) is 12.8 Å². The van der Waals surface area contributed by atoms with Crippen molar-refractivity contribution in [2.75, 3.05) is 19.5 Å². The number of rotatable bonds is 6. The quantitative estimate of drug-likeness (QED) is 0.615. The fourth-order valence-corrected chi connectivity index (χ4v) is 1.71. The Morgan fingerprint density at radius 3 is 2.62 bits per heavy atom. The molecule has 1 aromatic rings. The molecule has 0 aliphatic heterocycles. The fourth-order valence-electron chi connectivity index (χ4n) is 1.71. The first-order valence-corrected chi connectivity index (χ1v) is 6.57. The van der Waals surface area contributed by atoms with Gasteiger partial charge in [0.2, 0.25) is 0 Å². The van der Waals surface area contributed by atoms with E-state index in [-0.39, 0.29) is 5.57 Å². The minimum atomic E-state index is -0.460. The van der Waals surface area contributed by atoms with Crippen LogP contribution in [0.2, 0.25) is 0 Å². The van der Waals surface area contributed by atoms with E-state index in [2.05, 4.69) is 10.6 Å². The zero-order valence-corrected chi connectivity index (χ0v) is 12.0. The van der Waals surface area contributed by atoms with Crippen molar-refractivity contribution in [2.45, 2.75) is 18.9 Å². The number of methoxy groups -OCH3 is 2. The summed E-state index contributed by atoms with van der Waals surface area (Å²) in [5.41, 5.74) is 0.571. The van der Waals surface area contributed by atoms with Crippen molar-refractivity contribution >= 4 is 11.6 Å². The van der Waals surface area contributed by atoms with E-state index in [4.69, 9.17) is 14.7 Å². The zero-order valence-electron chi connectivity index (χ0n) is 12.0. The number of nitrogens with zero attached hydrogens (tertiary/aromatic N) is 1. The van der Waals surface area contributed by atoms with Gasteiger partial charge in [0, 0.05) is 24.0 Å². The summed E-state index contributed by atoms with van der Waals surface area (Å²) in [6, 6.07) is 7.29. The molecule has 1 fully saturated rings. The molecule has 1 aliphatic carbocycles. The molecular weight excluding hydrogens is 270 g/mol. The van der Waals surface area contributed by atoms with Crippen molar-refractivity contribution in [3.8, 4) is 17.6 Å². The molecule has 1 amide bonds. The summed E-state index contributed by atoms with van der Waals surface area (Å²) >= 11 is 0. The summed E-state index contributed by atoms with van der Waals surface area (Å²) in [6.45, 7) is 0. The lowest BCUT2D eigenvalue weighted by Crippen LogP contribution is -2.17. The topological polar surface area (TPSA) is 83.4 Å². The molecule has 0 heterocycles. The van der Waals surface area contributed by atoms with Gasteiger partial charge in [0.05, 0.1) is 14.2 Å². The summed E-state index contributed by atoms with van der Waals surface area (Å²) in [6.07, 6.45) is 3.62. The number of ether oxygens (including phenoxy) is 2. The number of benzene rings is 1. The third-order valence-corrected chi connectivity index (χ3v) is 3.05. The lowest BCUT2D eigenvalue weighted by atomic mass is 10.2. The largest absolute Gasteiger partial charge is 0.493 e. The number of anilines is 1. The molecule has 0 aromatic heterocycles. The molecule has 0 atom stereocenters. The third-order valence-electron chi connectivity index (χ3n) is 3.05. The Balaban J connectivity index is 2.07. The van der Waals surface area contributed by atoms with E-state index in [1.807, 2.05) is 6.07 Å². The van der Waals surface area contributed by atoms with Crippen LogP contribution in [0.4, 0.5) is 5.69 Å². The minimum absolute atomic E-state index is 0.0386. The number of hydrogen-bond acceptors (Lipinski definition) is 5. The molecule has 1 saturated carbocycles. The molecule has 6 heteroatoms. The van der Waals surface area contributed by atoms with Gasteiger partial charge >= 0.3 is 0 Å². The van der Waals surface area contributed by atoms with E-state index in [0.29, 0.717) is 23.2 Å². The van der Waals surface area contributed by atoms with Crippen LogP contribution in [0.5, 0.6) is 11.5 Å². The number of nitriles is 1. The maximum atomic E-state index is 12.0. The highest BCUT2D eigenvalue weighted by Gasteiger charge is 2.20. The monoisotopic (exact) mass is 287 g/mol. The lowest BCUT2D eigenvalue weighted by molar-refractivity contribution is -0.112. The van der Waals surface area contributed by atoms with Crippen LogP contribution in [0, 0.1) is 11.3 Å². The van der Waals surface area contributed by atoms with Crippen LogP contribution < -0.4 is 20.1 Å². The highest BCUT2D eigenvalue weighted by molar-refractivity contribution is 6.06. The van der Waals surface area contributed by atoms with E-state index < -0.39 is 5.91 Å². The highest BCUT2D eigenvalue weighted by Crippen LogP contribution is 2.29. The normalized spacial score (nSPS) is 14.0. The number of nitrogens with one attached hydrogen (secondary N) is 2. The van der Waals surface area contributed by atoms with Crippen molar-refractivity contribution in [1.82, 2.24) is 5.32 Å². The van der Waals surface area contributed by atoms with E-state index in [1.54, 1.807) is 18.2 Å². The number of hydrogen-bond donors (Lipinski definition) is 2. The van der Waals surface area contributed by atoms with Crippen LogP contribution in [-0.2, 0) is 4.79 Å². The van der Waals surface area contributed by atoms with Crippen LogP contribution in [-0.4, -0.2) is 26.2 Å². The summed E-state index contributed by atoms with van der Waals surface area (Å²) in [5, 5.41) is 14.7. The molecule has 0 unspecified atom stereocenters. The standard InChI is InChI=1S/C15H17N3O3/c1-20-13-6-5-12(7-14(13)21-2)18-15(19)10(8-16)9-17-11-3-4-11/h5-7,9,11,17H,3-4H2,1-2H3,(H,18,19)/b10-9-. The molecule has 0 bridgehead atoms. The summed E-state index contributed by atoms with van der Waals surface area (Å²) < 4.78 is 10.3. The zero-order chi connectivity index (χ0) is 15.2. The van der Waals surface area contributed by atoms with Crippen molar-refractivity contribution in [1.29, 1.82) is 5.26 Å². The van der Waals surface area contributed by atoms with Gasteiger partial charge in [-0.1, -0.05) is 0 Å². The van der Waals surface area contributed by atoms with Gasteiger partial charge in [-0.25, -0.2) is 0 Å². The van der Waals surface area contributed by atoms with Gasteiger partial charge in [0.15, 0.2) is 11.5 Å². The van der Waals surface area contributed by atoms with Crippen molar-refractivity contribution < 1.29 is 14.3 Å².